The fourth-order valence-electron chi connectivity index (χ4n) is 2.50. The fourth-order valence-corrected chi connectivity index (χ4v) is 2.50. The molecule has 0 saturated carbocycles. The van der Waals surface area contributed by atoms with E-state index in [9.17, 15) is 13.2 Å². The Morgan fingerprint density at radius 2 is 1.76 bits per heavy atom. The Labute approximate surface area is 128 Å². The molecule has 7 heteroatoms. The third kappa shape index (κ3) is 5.37. The van der Waals surface area contributed by atoms with Gasteiger partial charge < -0.3 is 10.1 Å². The molecule has 1 aliphatic heterocycles. The summed E-state index contributed by atoms with van der Waals surface area (Å²) in [6, 6.07) is 6.24. The number of alkyl halides is 3. The zero-order valence-electron chi connectivity index (χ0n) is 11.8. The van der Waals surface area contributed by atoms with Crippen molar-refractivity contribution in [2.45, 2.75) is 18.6 Å². The lowest BCUT2D eigenvalue weighted by Crippen LogP contribution is -2.46. The van der Waals surface area contributed by atoms with Crippen molar-refractivity contribution in [2.24, 2.45) is 0 Å². The first-order chi connectivity index (χ1) is 9.49. The maximum atomic E-state index is 12.8. The van der Waals surface area contributed by atoms with E-state index in [2.05, 4.69) is 5.32 Å². The SMILES string of the molecule is COc1ccc([C@H](CC(F)(F)F)N2CCNCC2)cc1.Cl. The predicted octanol–water partition coefficient (Wildman–Crippen LogP) is 3.02. The highest BCUT2D eigenvalue weighted by Gasteiger charge is 2.35. The molecule has 0 bridgehead atoms. The second-order valence-electron chi connectivity index (χ2n) is 4.89. The molecule has 0 unspecified atom stereocenters. The quantitative estimate of drug-likeness (QED) is 0.921. The zero-order chi connectivity index (χ0) is 14.6. The van der Waals surface area contributed by atoms with Gasteiger partial charge in [-0.25, -0.2) is 0 Å². The molecule has 1 N–H and O–H groups in total. The van der Waals surface area contributed by atoms with Crippen LogP contribution in [0.15, 0.2) is 24.3 Å². The number of hydrogen-bond donors (Lipinski definition) is 1. The van der Waals surface area contributed by atoms with Crippen LogP contribution in [0.3, 0.4) is 0 Å². The molecule has 1 heterocycles. The summed E-state index contributed by atoms with van der Waals surface area (Å²) < 4.78 is 43.5. The summed E-state index contributed by atoms with van der Waals surface area (Å²) in [5.74, 6) is 0.653. The van der Waals surface area contributed by atoms with Crippen LogP contribution in [0.1, 0.15) is 18.0 Å². The number of hydrogen-bond acceptors (Lipinski definition) is 3. The molecule has 0 radical (unpaired) electrons. The van der Waals surface area contributed by atoms with E-state index in [-0.39, 0.29) is 12.4 Å². The van der Waals surface area contributed by atoms with Crippen molar-refractivity contribution < 1.29 is 17.9 Å². The van der Waals surface area contributed by atoms with E-state index in [1.165, 1.54) is 0 Å². The van der Waals surface area contributed by atoms with Crippen LogP contribution in [0.25, 0.3) is 0 Å². The van der Waals surface area contributed by atoms with E-state index in [0.29, 0.717) is 24.4 Å². The van der Waals surface area contributed by atoms with E-state index in [0.717, 1.165) is 13.1 Å². The highest BCUT2D eigenvalue weighted by atomic mass is 35.5. The van der Waals surface area contributed by atoms with Crippen molar-refractivity contribution >= 4 is 12.4 Å². The van der Waals surface area contributed by atoms with Crippen LogP contribution in [-0.4, -0.2) is 44.4 Å². The first-order valence-corrected chi connectivity index (χ1v) is 6.65. The van der Waals surface area contributed by atoms with Crippen molar-refractivity contribution in [3.63, 3.8) is 0 Å². The Morgan fingerprint density at radius 1 is 1.19 bits per heavy atom. The van der Waals surface area contributed by atoms with Crippen LogP contribution < -0.4 is 10.1 Å². The van der Waals surface area contributed by atoms with Gasteiger partial charge in [-0.05, 0) is 17.7 Å². The Kier molecular flexibility index (Phi) is 6.77. The van der Waals surface area contributed by atoms with Crippen molar-refractivity contribution in [1.29, 1.82) is 0 Å². The summed E-state index contributed by atoms with van der Waals surface area (Å²) in [4.78, 5) is 1.89. The maximum absolute atomic E-state index is 12.8. The molecule has 0 aromatic heterocycles. The Morgan fingerprint density at radius 3 is 2.24 bits per heavy atom. The molecule has 1 aliphatic rings. The standard InChI is InChI=1S/C14H19F3N2O.ClH/c1-20-12-4-2-11(3-5-12)13(10-14(15,16)17)19-8-6-18-7-9-19;/h2-5,13,18H,6-10H2,1H3;1H/t13-;/m0./s1. The molecular formula is C14H20ClF3N2O. The number of methoxy groups -OCH3 is 1. The number of nitrogens with zero attached hydrogens (tertiary/aromatic N) is 1. The van der Waals surface area contributed by atoms with Gasteiger partial charge in [-0.2, -0.15) is 13.2 Å². The summed E-state index contributed by atoms with van der Waals surface area (Å²) in [6.45, 7) is 2.72. The van der Waals surface area contributed by atoms with Crippen LogP contribution in [0.5, 0.6) is 5.75 Å². The van der Waals surface area contributed by atoms with Gasteiger partial charge in [0.2, 0.25) is 0 Å². The number of rotatable bonds is 4. The summed E-state index contributed by atoms with van der Waals surface area (Å²) in [5, 5.41) is 3.16. The van der Waals surface area contributed by atoms with Gasteiger partial charge in [0.25, 0.3) is 0 Å². The normalized spacial score (nSPS) is 17.9. The second kappa shape index (κ2) is 7.87. The molecule has 1 aromatic rings. The molecule has 1 aromatic carbocycles. The molecule has 21 heavy (non-hydrogen) atoms. The second-order valence-corrected chi connectivity index (χ2v) is 4.89. The lowest BCUT2D eigenvalue weighted by atomic mass is 10.0. The topological polar surface area (TPSA) is 24.5 Å². The van der Waals surface area contributed by atoms with Crippen molar-refractivity contribution in [1.82, 2.24) is 10.2 Å². The van der Waals surface area contributed by atoms with E-state index in [1.807, 2.05) is 4.90 Å². The van der Waals surface area contributed by atoms with Crippen LogP contribution in [0, 0.1) is 0 Å². The van der Waals surface area contributed by atoms with Gasteiger partial charge in [0.1, 0.15) is 5.75 Å². The van der Waals surface area contributed by atoms with Gasteiger partial charge in [0.05, 0.1) is 13.5 Å². The minimum atomic E-state index is -4.17. The molecular weight excluding hydrogens is 305 g/mol. The Balaban J connectivity index is 0.00000220. The number of piperazine rings is 1. The minimum Gasteiger partial charge on any atom is -0.497 e. The molecule has 3 nitrogen and oxygen atoms in total. The summed E-state index contributed by atoms with van der Waals surface area (Å²) in [6.07, 6.45) is -4.99. The number of halogens is 4. The monoisotopic (exact) mass is 324 g/mol. The number of nitrogens with one attached hydrogen (secondary N) is 1. The molecule has 1 saturated heterocycles. The predicted molar refractivity (Wildman–Crippen MR) is 78.1 cm³/mol. The third-order valence-electron chi connectivity index (χ3n) is 3.52. The molecule has 0 spiro atoms. The first-order valence-electron chi connectivity index (χ1n) is 6.65. The van der Waals surface area contributed by atoms with Crippen LogP contribution in [0.4, 0.5) is 13.2 Å². The molecule has 1 atom stereocenters. The third-order valence-corrected chi connectivity index (χ3v) is 3.52. The maximum Gasteiger partial charge on any atom is 0.390 e. The van der Waals surface area contributed by atoms with Crippen LogP contribution in [0.2, 0.25) is 0 Å². The summed E-state index contributed by atoms with van der Waals surface area (Å²) in [5.41, 5.74) is 0.685. The molecule has 2 rings (SSSR count). The van der Waals surface area contributed by atoms with Crippen LogP contribution in [-0.2, 0) is 0 Å². The molecule has 1 fully saturated rings. The molecule has 0 amide bonds. The highest BCUT2D eigenvalue weighted by molar-refractivity contribution is 5.85. The smallest absolute Gasteiger partial charge is 0.390 e. The van der Waals surface area contributed by atoms with Gasteiger partial charge >= 0.3 is 6.18 Å². The van der Waals surface area contributed by atoms with Crippen molar-refractivity contribution in [2.75, 3.05) is 33.3 Å². The minimum absolute atomic E-state index is 0. The van der Waals surface area contributed by atoms with Gasteiger partial charge in [0.15, 0.2) is 0 Å². The summed E-state index contributed by atoms with van der Waals surface area (Å²) >= 11 is 0. The van der Waals surface area contributed by atoms with E-state index < -0.39 is 18.6 Å². The van der Waals surface area contributed by atoms with Crippen LogP contribution >= 0.6 is 12.4 Å². The van der Waals surface area contributed by atoms with Gasteiger partial charge in [-0.1, -0.05) is 12.1 Å². The average molecular weight is 325 g/mol. The zero-order valence-corrected chi connectivity index (χ0v) is 12.6. The molecule has 120 valence electrons. The van der Waals surface area contributed by atoms with Gasteiger partial charge in [-0.15, -0.1) is 12.4 Å². The van der Waals surface area contributed by atoms with Crippen molar-refractivity contribution in [3.05, 3.63) is 29.8 Å². The fraction of sp³-hybridized carbons (Fsp3) is 0.571. The van der Waals surface area contributed by atoms with E-state index in [1.54, 1.807) is 31.4 Å². The first kappa shape index (κ1) is 18.1. The molecule has 0 aliphatic carbocycles. The largest absolute Gasteiger partial charge is 0.497 e. The van der Waals surface area contributed by atoms with Gasteiger partial charge in [-0.3, -0.25) is 4.90 Å². The average Bonchev–Trinajstić information content (AvgIpc) is 2.45. The summed E-state index contributed by atoms with van der Waals surface area (Å²) in [7, 11) is 1.54. The number of ether oxygens (including phenoxy) is 1. The van der Waals surface area contributed by atoms with Gasteiger partial charge in [0, 0.05) is 32.2 Å². The Bertz CT molecular complexity index is 419. The van der Waals surface area contributed by atoms with E-state index >= 15 is 0 Å². The van der Waals surface area contributed by atoms with Crippen molar-refractivity contribution in [3.8, 4) is 5.75 Å². The number of benzene rings is 1. The highest BCUT2D eigenvalue weighted by Crippen LogP contribution is 2.34. The lowest BCUT2D eigenvalue weighted by molar-refractivity contribution is -0.148. The van der Waals surface area contributed by atoms with E-state index in [4.69, 9.17) is 4.74 Å². The Hall–Kier alpha value is -0.980. The lowest BCUT2D eigenvalue weighted by Gasteiger charge is -2.35.